The first-order valence-corrected chi connectivity index (χ1v) is 7.46. The summed E-state index contributed by atoms with van der Waals surface area (Å²) in [4.78, 5) is 16.2. The Morgan fingerprint density at radius 1 is 1.39 bits per heavy atom. The number of rotatable bonds is 6. The minimum absolute atomic E-state index is 0.0217. The molecule has 0 radical (unpaired) electrons. The van der Waals surface area contributed by atoms with E-state index >= 15 is 0 Å². The monoisotopic (exact) mass is 318 g/mol. The van der Waals surface area contributed by atoms with E-state index in [1.807, 2.05) is 40.0 Å². The molecule has 0 saturated heterocycles. The summed E-state index contributed by atoms with van der Waals surface area (Å²) >= 11 is 0. The number of ether oxygens (including phenoxy) is 1. The first kappa shape index (κ1) is 16.7. The molecule has 2 N–H and O–H groups in total. The van der Waals surface area contributed by atoms with Crippen LogP contribution in [0.1, 0.15) is 38.2 Å². The van der Waals surface area contributed by atoms with Crippen molar-refractivity contribution in [1.29, 1.82) is 0 Å². The Morgan fingerprint density at radius 2 is 2.17 bits per heavy atom. The molecule has 0 aliphatic heterocycles. The molecule has 124 valence electrons. The number of aromatic nitrogens is 4. The molecule has 2 aromatic rings. The van der Waals surface area contributed by atoms with E-state index in [2.05, 4.69) is 25.8 Å². The number of urea groups is 1. The van der Waals surface area contributed by atoms with Gasteiger partial charge in [0.15, 0.2) is 5.82 Å². The highest BCUT2D eigenvalue weighted by atomic mass is 16.5. The Bertz CT molecular complexity index is 655. The summed E-state index contributed by atoms with van der Waals surface area (Å²) in [6.07, 6.45) is 3.28. The quantitative estimate of drug-likeness (QED) is 0.843. The molecule has 2 amide bonds. The Balaban J connectivity index is 1.91. The van der Waals surface area contributed by atoms with Gasteiger partial charge in [0.05, 0.1) is 12.1 Å². The summed E-state index contributed by atoms with van der Waals surface area (Å²) in [6.45, 7) is 6.04. The van der Waals surface area contributed by atoms with Crippen molar-refractivity contribution in [3.8, 4) is 5.88 Å². The van der Waals surface area contributed by atoms with Gasteiger partial charge in [-0.2, -0.15) is 0 Å². The third-order valence-corrected chi connectivity index (χ3v) is 3.12. The standard InChI is InChI=1S/C15H22N6O2/c1-10(2)23-14-12(6-5-7-16-14)8-17-15(22)19-11(3)13-20-18-9-21(13)4/h5-7,9-11H,8H2,1-4H3,(H2,17,19,22)/t11-/m1/s1. The smallest absolute Gasteiger partial charge is 0.315 e. The van der Waals surface area contributed by atoms with Gasteiger partial charge < -0.3 is 19.9 Å². The molecule has 23 heavy (non-hydrogen) atoms. The van der Waals surface area contributed by atoms with Crippen LogP contribution >= 0.6 is 0 Å². The van der Waals surface area contributed by atoms with E-state index in [0.29, 0.717) is 18.2 Å². The zero-order valence-electron chi connectivity index (χ0n) is 13.8. The molecule has 0 bridgehead atoms. The highest BCUT2D eigenvalue weighted by molar-refractivity contribution is 5.74. The van der Waals surface area contributed by atoms with Crippen LogP contribution in [0.15, 0.2) is 24.7 Å². The average Bonchev–Trinajstić information content (AvgIpc) is 2.92. The number of aryl methyl sites for hydroxylation is 1. The second-order valence-corrected chi connectivity index (χ2v) is 5.48. The van der Waals surface area contributed by atoms with Gasteiger partial charge in [-0.3, -0.25) is 0 Å². The third kappa shape index (κ3) is 4.67. The van der Waals surface area contributed by atoms with E-state index in [-0.39, 0.29) is 18.2 Å². The van der Waals surface area contributed by atoms with Crippen molar-refractivity contribution < 1.29 is 9.53 Å². The second kappa shape index (κ2) is 7.57. The molecule has 0 aliphatic carbocycles. The van der Waals surface area contributed by atoms with Gasteiger partial charge in [-0.25, -0.2) is 9.78 Å². The van der Waals surface area contributed by atoms with Crippen molar-refractivity contribution in [2.24, 2.45) is 7.05 Å². The minimum Gasteiger partial charge on any atom is -0.475 e. The highest BCUT2D eigenvalue weighted by Crippen LogP contribution is 2.15. The van der Waals surface area contributed by atoms with E-state index in [1.54, 1.807) is 17.1 Å². The lowest BCUT2D eigenvalue weighted by molar-refractivity contribution is 0.227. The topological polar surface area (TPSA) is 94.0 Å². The molecule has 1 atom stereocenters. The van der Waals surface area contributed by atoms with Gasteiger partial charge in [0.1, 0.15) is 6.33 Å². The normalized spacial score (nSPS) is 12.0. The number of pyridine rings is 1. The van der Waals surface area contributed by atoms with Gasteiger partial charge in [-0.1, -0.05) is 6.07 Å². The predicted molar refractivity (Wildman–Crippen MR) is 84.8 cm³/mol. The van der Waals surface area contributed by atoms with Crippen LogP contribution < -0.4 is 15.4 Å². The average molecular weight is 318 g/mol. The molecule has 8 heteroatoms. The molecule has 2 heterocycles. The summed E-state index contributed by atoms with van der Waals surface area (Å²) in [7, 11) is 1.83. The van der Waals surface area contributed by atoms with Crippen molar-refractivity contribution in [2.75, 3.05) is 0 Å². The predicted octanol–water partition coefficient (Wildman–Crippen LogP) is 1.56. The van der Waals surface area contributed by atoms with Gasteiger partial charge >= 0.3 is 6.03 Å². The minimum atomic E-state index is -0.292. The van der Waals surface area contributed by atoms with Crippen molar-refractivity contribution in [2.45, 2.75) is 39.5 Å². The summed E-state index contributed by atoms with van der Waals surface area (Å²) < 4.78 is 7.39. The van der Waals surface area contributed by atoms with Gasteiger partial charge in [0, 0.05) is 25.4 Å². The van der Waals surface area contributed by atoms with Crippen molar-refractivity contribution in [1.82, 2.24) is 30.4 Å². The first-order chi connectivity index (χ1) is 11.0. The summed E-state index contributed by atoms with van der Waals surface area (Å²) in [5.41, 5.74) is 0.822. The Hall–Kier alpha value is -2.64. The number of amides is 2. The number of hydrogen-bond donors (Lipinski definition) is 2. The molecule has 0 spiro atoms. The van der Waals surface area contributed by atoms with Gasteiger partial charge in [-0.05, 0) is 26.8 Å². The zero-order valence-corrected chi connectivity index (χ0v) is 13.8. The van der Waals surface area contributed by atoms with Gasteiger partial charge in [0.2, 0.25) is 5.88 Å². The van der Waals surface area contributed by atoms with Crippen LogP contribution in [0, 0.1) is 0 Å². The van der Waals surface area contributed by atoms with Crippen LogP contribution in [0.2, 0.25) is 0 Å². The number of carbonyl (C=O) groups excluding carboxylic acids is 1. The zero-order chi connectivity index (χ0) is 16.8. The lowest BCUT2D eigenvalue weighted by Crippen LogP contribution is -2.37. The van der Waals surface area contributed by atoms with Crippen LogP contribution in [0.5, 0.6) is 5.88 Å². The molecule has 0 saturated carbocycles. The molecule has 0 aromatic carbocycles. The van der Waals surface area contributed by atoms with E-state index in [9.17, 15) is 4.79 Å². The molecule has 8 nitrogen and oxygen atoms in total. The van der Waals surface area contributed by atoms with Crippen LogP contribution in [-0.4, -0.2) is 31.9 Å². The maximum Gasteiger partial charge on any atom is 0.315 e. The molecule has 2 rings (SSSR count). The Labute approximate surface area is 135 Å². The van der Waals surface area contributed by atoms with Crippen molar-refractivity contribution in [3.05, 3.63) is 36.0 Å². The fraction of sp³-hybridized carbons (Fsp3) is 0.467. The molecule has 0 unspecified atom stereocenters. The molecule has 0 fully saturated rings. The number of hydrogen-bond acceptors (Lipinski definition) is 5. The van der Waals surface area contributed by atoms with E-state index in [0.717, 1.165) is 5.56 Å². The SMILES string of the molecule is CC(C)Oc1ncccc1CNC(=O)N[C@H](C)c1nncn1C. The van der Waals surface area contributed by atoms with Gasteiger partial charge in [0.25, 0.3) is 0 Å². The number of nitrogens with one attached hydrogen (secondary N) is 2. The molecular formula is C15H22N6O2. The first-order valence-electron chi connectivity index (χ1n) is 7.46. The third-order valence-electron chi connectivity index (χ3n) is 3.12. The van der Waals surface area contributed by atoms with Crippen LogP contribution in [-0.2, 0) is 13.6 Å². The van der Waals surface area contributed by atoms with Crippen molar-refractivity contribution >= 4 is 6.03 Å². The molecular weight excluding hydrogens is 296 g/mol. The van der Waals surface area contributed by atoms with Crippen LogP contribution in [0.4, 0.5) is 4.79 Å². The summed E-state index contributed by atoms with van der Waals surface area (Å²) in [6, 6.07) is 3.14. The maximum atomic E-state index is 12.0. The van der Waals surface area contributed by atoms with Crippen LogP contribution in [0.25, 0.3) is 0 Å². The van der Waals surface area contributed by atoms with E-state index in [1.165, 1.54) is 0 Å². The lowest BCUT2D eigenvalue weighted by Gasteiger charge is -2.15. The second-order valence-electron chi connectivity index (χ2n) is 5.48. The van der Waals surface area contributed by atoms with Gasteiger partial charge in [-0.15, -0.1) is 10.2 Å². The lowest BCUT2D eigenvalue weighted by atomic mass is 10.2. The van der Waals surface area contributed by atoms with E-state index < -0.39 is 0 Å². The van der Waals surface area contributed by atoms with Crippen LogP contribution in [0.3, 0.4) is 0 Å². The fourth-order valence-electron chi connectivity index (χ4n) is 2.06. The van der Waals surface area contributed by atoms with Crippen molar-refractivity contribution in [3.63, 3.8) is 0 Å². The fourth-order valence-corrected chi connectivity index (χ4v) is 2.06. The summed E-state index contributed by atoms with van der Waals surface area (Å²) in [5.74, 6) is 1.22. The number of carbonyl (C=O) groups is 1. The molecule has 2 aromatic heterocycles. The largest absolute Gasteiger partial charge is 0.475 e. The summed E-state index contributed by atoms with van der Waals surface area (Å²) in [5, 5.41) is 13.4. The Kier molecular flexibility index (Phi) is 5.51. The Morgan fingerprint density at radius 3 is 2.83 bits per heavy atom. The molecule has 0 aliphatic rings. The highest BCUT2D eigenvalue weighted by Gasteiger charge is 2.14. The maximum absolute atomic E-state index is 12.0. The van der Waals surface area contributed by atoms with E-state index in [4.69, 9.17) is 4.74 Å². The number of nitrogens with zero attached hydrogens (tertiary/aromatic N) is 4.